The maximum atomic E-state index is 10.9. The molecule has 0 saturated carbocycles. The molecule has 6 nitrogen and oxygen atoms in total. The number of halogens is 2. The summed E-state index contributed by atoms with van der Waals surface area (Å²) in [5.74, 6) is 1.62. The zero-order valence-corrected chi connectivity index (χ0v) is 15.3. The van der Waals surface area contributed by atoms with Gasteiger partial charge >= 0.3 is 0 Å². The molecule has 0 aliphatic carbocycles. The summed E-state index contributed by atoms with van der Waals surface area (Å²) in [5, 5.41) is 4.76. The first-order chi connectivity index (χ1) is 12.6. The minimum atomic E-state index is 0.0504. The fraction of sp³-hybridized carbons (Fsp3) is 0.167. The number of nitrogens with zero attached hydrogens (tertiary/aromatic N) is 2. The third kappa shape index (κ3) is 4.15. The first-order valence-electron chi connectivity index (χ1n) is 7.73. The summed E-state index contributed by atoms with van der Waals surface area (Å²) in [7, 11) is 0. The van der Waals surface area contributed by atoms with E-state index in [-0.39, 0.29) is 12.5 Å². The molecule has 0 spiro atoms. The molecule has 0 aliphatic rings. The summed E-state index contributed by atoms with van der Waals surface area (Å²) in [5.41, 5.74) is 1.18. The highest BCUT2D eigenvalue weighted by molar-refractivity contribution is 6.42. The minimum absolute atomic E-state index is 0.0504. The molecule has 134 valence electrons. The van der Waals surface area contributed by atoms with Crippen LogP contribution in [0, 0.1) is 0 Å². The van der Waals surface area contributed by atoms with Crippen LogP contribution in [-0.4, -0.2) is 23.0 Å². The van der Waals surface area contributed by atoms with Gasteiger partial charge in [0.15, 0.2) is 18.1 Å². The van der Waals surface area contributed by atoms with Gasteiger partial charge in [-0.15, -0.1) is 0 Å². The van der Waals surface area contributed by atoms with Crippen LogP contribution in [0.1, 0.15) is 23.2 Å². The SMILES string of the molecule is CCOc1cc(C=O)ccc1OCc1nc(-c2ccc(Cl)c(Cl)c2)no1. The second-order valence-corrected chi connectivity index (χ2v) is 6.00. The average Bonchev–Trinajstić information content (AvgIpc) is 3.12. The zero-order valence-electron chi connectivity index (χ0n) is 13.7. The molecule has 0 bridgehead atoms. The number of benzene rings is 2. The lowest BCUT2D eigenvalue weighted by atomic mass is 10.2. The van der Waals surface area contributed by atoms with Gasteiger partial charge in [-0.05, 0) is 43.3 Å². The molecule has 1 aromatic heterocycles. The highest BCUT2D eigenvalue weighted by Gasteiger charge is 2.13. The van der Waals surface area contributed by atoms with Crippen molar-refractivity contribution in [3.8, 4) is 22.9 Å². The quantitative estimate of drug-likeness (QED) is 0.535. The Labute approximate surface area is 159 Å². The second-order valence-electron chi connectivity index (χ2n) is 5.19. The van der Waals surface area contributed by atoms with E-state index in [0.29, 0.717) is 45.1 Å². The first-order valence-corrected chi connectivity index (χ1v) is 8.49. The van der Waals surface area contributed by atoms with Crippen molar-refractivity contribution >= 4 is 29.5 Å². The normalized spacial score (nSPS) is 10.6. The van der Waals surface area contributed by atoms with Crippen molar-refractivity contribution in [1.82, 2.24) is 10.1 Å². The third-order valence-corrected chi connectivity index (χ3v) is 4.14. The number of hydrogen-bond donors (Lipinski definition) is 0. The Morgan fingerprint density at radius 2 is 1.92 bits per heavy atom. The highest BCUT2D eigenvalue weighted by atomic mass is 35.5. The smallest absolute Gasteiger partial charge is 0.264 e. The van der Waals surface area contributed by atoms with Crippen LogP contribution in [0.5, 0.6) is 11.5 Å². The monoisotopic (exact) mass is 392 g/mol. The molecule has 0 fully saturated rings. The molecule has 8 heteroatoms. The van der Waals surface area contributed by atoms with Crippen LogP contribution in [-0.2, 0) is 6.61 Å². The molecule has 1 heterocycles. The van der Waals surface area contributed by atoms with Gasteiger partial charge in [0.2, 0.25) is 5.82 Å². The Balaban J connectivity index is 1.74. The topological polar surface area (TPSA) is 74.5 Å². The average molecular weight is 393 g/mol. The fourth-order valence-corrected chi connectivity index (χ4v) is 2.49. The molecule has 0 radical (unpaired) electrons. The van der Waals surface area contributed by atoms with Gasteiger partial charge in [0.25, 0.3) is 5.89 Å². The molecule has 3 aromatic rings. The Morgan fingerprint density at radius 3 is 2.65 bits per heavy atom. The lowest BCUT2D eigenvalue weighted by Gasteiger charge is -2.10. The van der Waals surface area contributed by atoms with Gasteiger partial charge in [-0.25, -0.2) is 0 Å². The Morgan fingerprint density at radius 1 is 1.08 bits per heavy atom. The Hall–Kier alpha value is -2.57. The van der Waals surface area contributed by atoms with Crippen molar-refractivity contribution in [1.29, 1.82) is 0 Å². The first kappa shape index (κ1) is 18.2. The molecule has 26 heavy (non-hydrogen) atoms. The predicted molar refractivity (Wildman–Crippen MR) is 97.1 cm³/mol. The van der Waals surface area contributed by atoms with Gasteiger partial charge in [0.1, 0.15) is 6.29 Å². The van der Waals surface area contributed by atoms with E-state index in [9.17, 15) is 4.79 Å². The number of carbonyl (C=O) groups excluding carboxylic acids is 1. The summed E-state index contributed by atoms with van der Waals surface area (Å²) < 4.78 is 16.4. The summed E-state index contributed by atoms with van der Waals surface area (Å²) >= 11 is 11.9. The maximum Gasteiger partial charge on any atom is 0.264 e. The molecule has 0 atom stereocenters. The molecular weight excluding hydrogens is 379 g/mol. The van der Waals surface area contributed by atoms with Gasteiger partial charge in [0.05, 0.1) is 16.7 Å². The molecule has 0 amide bonds. The summed E-state index contributed by atoms with van der Waals surface area (Å²) in [4.78, 5) is 15.2. The molecule has 2 aromatic carbocycles. The molecular formula is C18H14Cl2N2O4. The van der Waals surface area contributed by atoms with Crippen molar-refractivity contribution in [3.05, 3.63) is 57.9 Å². The summed E-state index contributed by atoms with van der Waals surface area (Å²) in [6.45, 7) is 2.34. The summed E-state index contributed by atoms with van der Waals surface area (Å²) in [6.07, 6.45) is 0.744. The molecule has 0 aliphatic heterocycles. The number of ether oxygens (including phenoxy) is 2. The van der Waals surface area contributed by atoms with Crippen LogP contribution < -0.4 is 9.47 Å². The Bertz CT molecular complexity index is 927. The van der Waals surface area contributed by atoms with Gasteiger partial charge in [-0.1, -0.05) is 28.4 Å². The van der Waals surface area contributed by atoms with Crippen molar-refractivity contribution in [3.63, 3.8) is 0 Å². The molecule has 0 unspecified atom stereocenters. The van der Waals surface area contributed by atoms with E-state index in [0.717, 1.165) is 6.29 Å². The van der Waals surface area contributed by atoms with E-state index in [1.165, 1.54) is 0 Å². The van der Waals surface area contributed by atoms with Crippen molar-refractivity contribution < 1.29 is 18.8 Å². The number of carbonyl (C=O) groups is 1. The molecule has 0 N–H and O–H groups in total. The predicted octanol–water partition coefficient (Wildman–Crippen LogP) is 4.83. The number of aldehydes is 1. The van der Waals surface area contributed by atoms with Gasteiger partial charge in [-0.3, -0.25) is 4.79 Å². The lowest BCUT2D eigenvalue weighted by Crippen LogP contribution is -2.00. The standard InChI is InChI=1S/C18H14Cl2N2O4/c1-2-24-16-7-11(9-23)3-6-15(16)25-10-17-21-18(22-26-17)12-4-5-13(19)14(20)8-12/h3-9H,2,10H2,1H3. The van der Waals surface area contributed by atoms with Gasteiger partial charge in [-0.2, -0.15) is 4.98 Å². The van der Waals surface area contributed by atoms with Crippen molar-refractivity contribution in [2.75, 3.05) is 6.61 Å². The highest BCUT2D eigenvalue weighted by Crippen LogP contribution is 2.30. The number of aromatic nitrogens is 2. The Kier molecular flexibility index (Phi) is 5.75. The van der Waals surface area contributed by atoms with Crippen LogP contribution in [0.15, 0.2) is 40.9 Å². The largest absolute Gasteiger partial charge is 0.490 e. The molecule has 0 saturated heterocycles. The molecule has 3 rings (SSSR count). The van der Waals surface area contributed by atoms with E-state index in [1.807, 2.05) is 6.92 Å². The summed E-state index contributed by atoms with van der Waals surface area (Å²) in [6, 6.07) is 9.97. The van der Waals surface area contributed by atoms with E-state index in [2.05, 4.69) is 10.1 Å². The third-order valence-electron chi connectivity index (χ3n) is 3.40. The van der Waals surface area contributed by atoms with Crippen LogP contribution >= 0.6 is 23.2 Å². The van der Waals surface area contributed by atoms with E-state index >= 15 is 0 Å². The van der Waals surface area contributed by atoms with Crippen molar-refractivity contribution in [2.45, 2.75) is 13.5 Å². The number of hydrogen-bond acceptors (Lipinski definition) is 6. The van der Waals surface area contributed by atoms with Crippen LogP contribution in [0.3, 0.4) is 0 Å². The van der Waals surface area contributed by atoms with Gasteiger partial charge < -0.3 is 14.0 Å². The van der Waals surface area contributed by atoms with E-state index < -0.39 is 0 Å². The minimum Gasteiger partial charge on any atom is -0.490 e. The van der Waals surface area contributed by atoms with Crippen LogP contribution in [0.25, 0.3) is 11.4 Å². The maximum absolute atomic E-state index is 10.9. The zero-order chi connectivity index (χ0) is 18.5. The van der Waals surface area contributed by atoms with Crippen LogP contribution in [0.2, 0.25) is 10.0 Å². The fourth-order valence-electron chi connectivity index (χ4n) is 2.19. The van der Waals surface area contributed by atoms with Gasteiger partial charge in [0, 0.05) is 11.1 Å². The van der Waals surface area contributed by atoms with Crippen molar-refractivity contribution in [2.24, 2.45) is 0 Å². The van der Waals surface area contributed by atoms with Crippen LogP contribution in [0.4, 0.5) is 0 Å². The lowest BCUT2D eigenvalue weighted by molar-refractivity contribution is 0.112. The van der Waals surface area contributed by atoms with E-state index in [1.54, 1.807) is 36.4 Å². The number of rotatable bonds is 7. The van der Waals surface area contributed by atoms with E-state index in [4.69, 9.17) is 37.2 Å². The second kappa shape index (κ2) is 8.21.